The average molecular weight is 420 g/mol. The Bertz CT molecular complexity index is 728. The fourth-order valence-corrected chi connectivity index (χ4v) is 4.57. The summed E-state index contributed by atoms with van der Waals surface area (Å²) >= 11 is 1.86. The Morgan fingerprint density at radius 2 is 1.86 bits per heavy atom. The van der Waals surface area contributed by atoms with Crippen LogP contribution in [0.1, 0.15) is 30.1 Å². The van der Waals surface area contributed by atoms with E-state index in [2.05, 4.69) is 5.32 Å². The third-order valence-electron chi connectivity index (χ3n) is 5.27. The molecule has 0 radical (unpaired) electrons. The number of piperidine rings is 1. The summed E-state index contributed by atoms with van der Waals surface area (Å²) in [5.41, 5.74) is 1.23. The summed E-state index contributed by atoms with van der Waals surface area (Å²) in [7, 11) is 0. The maximum atomic E-state index is 12.6. The lowest BCUT2D eigenvalue weighted by atomic mass is 9.97. The molecule has 0 unspecified atom stereocenters. The van der Waals surface area contributed by atoms with Crippen molar-refractivity contribution in [1.82, 2.24) is 9.80 Å². The Labute approximate surface area is 176 Å². The standard InChI is InChI=1S/C21H29N3O4S/c1-2-28-21(27)16-6-8-23(9-7-16)15-19(25)22-18-5-3-4-17(14-18)20(26)24-10-12-29-13-11-24/h3-5,14,16H,2,6-13,15H2,1H3,(H,22,25). The zero-order valence-corrected chi connectivity index (χ0v) is 17.7. The molecule has 2 aliphatic rings. The Hall–Kier alpha value is -2.06. The van der Waals surface area contributed by atoms with Crippen LogP contribution in [0.25, 0.3) is 0 Å². The third kappa shape index (κ3) is 6.21. The first-order valence-corrected chi connectivity index (χ1v) is 11.4. The van der Waals surface area contributed by atoms with Gasteiger partial charge < -0.3 is 15.0 Å². The fourth-order valence-electron chi connectivity index (χ4n) is 3.67. The summed E-state index contributed by atoms with van der Waals surface area (Å²) in [6, 6.07) is 7.13. The van der Waals surface area contributed by atoms with Gasteiger partial charge in [-0.15, -0.1) is 0 Å². The predicted molar refractivity (Wildman–Crippen MR) is 114 cm³/mol. The molecule has 0 aliphatic carbocycles. The molecular weight excluding hydrogens is 390 g/mol. The first-order valence-electron chi connectivity index (χ1n) is 10.2. The molecular formula is C21H29N3O4S. The Morgan fingerprint density at radius 3 is 2.55 bits per heavy atom. The van der Waals surface area contributed by atoms with Crippen LogP contribution in [0.15, 0.2) is 24.3 Å². The van der Waals surface area contributed by atoms with Crippen LogP contribution in [0.4, 0.5) is 5.69 Å². The second-order valence-electron chi connectivity index (χ2n) is 7.34. The Balaban J connectivity index is 1.48. The Morgan fingerprint density at radius 1 is 1.14 bits per heavy atom. The van der Waals surface area contributed by atoms with Crippen LogP contribution >= 0.6 is 11.8 Å². The zero-order valence-electron chi connectivity index (χ0n) is 16.9. The van der Waals surface area contributed by atoms with Crippen LogP contribution < -0.4 is 5.32 Å². The highest BCUT2D eigenvalue weighted by atomic mass is 32.2. The van der Waals surface area contributed by atoms with Gasteiger partial charge in [-0.25, -0.2) is 0 Å². The number of carbonyl (C=O) groups is 3. The topological polar surface area (TPSA) is 79.0 Å². The minimum atomic E-state index is -0.134. The van der Waals surface area contributed by atoms with Crippen molar-refractivity contribution < 1.29 is 19.1 Å². The van der Waals surface area contributed by atoms with E-state index in [1.54, 1.807) is 24.3 Å². The minimum Gasteiger partial charge on any atom is -0.466 e. The highest BCUT2D eigenvalue weighted by molar-refractivity contribution is 7.99. The monoisotopic (exact) mass is 419 g/mol. The number of amides is 2. The zero-order chi connectivity index (χ0) is 20.6. The number of thioether (sulfide) groups is 1. The van der Waals surface area contributed by atoms with Crippen molar-refractivity contribution in [2.24, 2.45) is 5.92 Å². The minimum absolute atomic E-state index is 0.0161. The van der Waals surface area contributed by atoms with Crippen molar-refractivity contribution in [3.05, 3.63) is 29.8 Å². The van der Waals surface area contributed by atoms with Crippen LogP contribution in [0.2, 0.25) is 0 Å². The molecule has 2 amide bonds. The van der Waals surface area contributed by atoms with Gasteiger partial charge in [-0.1, -0.05) is 6.07 Å². The molecule has 1 aromatic carbocycles. The number of hydrogen-bond donors (Lipinski definition) is 1. The molecule has 0 saturated carbocycles. The van der Waals surface area contributed by atoms with Gasteiger partial charge in [0.2, 0.25) is 5.91 Å². The summed E-state index contributed by atoms with van der Waals surface area (Å²) in [6.45, 7) is 5.41. The molecule has 2 fully saturated rings. The maximum Gasteiger partial charge on any atom is 0.309 e. The highest BCUT2D eigenvalue weighted by Gasteiger charge is 2.27. The Kier molecular flexibility index (Phi) is 7.94. The number of rotatable bonds is 6. The van der Waals surface area contributed by atoms with Gasteiger partial charge in [0.1, 0.15) is 0 Å². The summed E-state index contributed by atoms with van der Waals surface area (Å²) < 4.78 is 5.08. The number of anilines is 1. The van der Waals surface area contributed by atoms with Crippen LogP contribution in [0.5, 0.6) is 0 Å². The van der Waals surface area contributed by atoms with Gasteiger partial charge >= 0.3 is 5.97 Å². The third-order valence-corrected chi connectivity index (χ3v) is 6.21. The SMILES string of the molecule is CCOC(=O)C1CCN(CC(=O)Nc2cccc(C(=O)N3CCSCC3)c2)CC1. The number of carbonyl (C=O) groups excluding carboxylic acids is 3. The van der Waals surface area contributed by atoms with Gasteiger partial charge in [0, 0.05) is 35.8 Å². The number of likely N-dealkylation sites (tertiary alicyclic amines) is 1. The van der Waals surface area contributed by atoms with Gasteiger partial charge in [-0.3, -0.25) is 19.3 Å². The van der Waals surface area contributed by atoms with E-state index in [4.69, 9.17) is 4.74 Å². The second-order valence-corrected chi connectivity index (χ2v) is 8.56. The van der Waals surface area contributed by atoms with Gasteiger partial charge in [0.15, 0.2) is 0 Å². The lowest BCUT2D eigenvalue weighted by Crippen LogP contribution is -2.41. The number of nitrogens with one attached hydrogen (secondary N) is 1. The molecule has 2 aliphatic heterocycles. The highest BCUT2D eigenvalue weighted by Crippen LogP contribution is 2.19. The van der Waals surface area contributed by atoms with E-state index in [-0.39, 0.29) is 30.2 Å². The molecule has 3 rings (SSSR count). The number of hydrogen-bond acceptors (Lipinski definition) is 6. The quantitative estimate of drug-likeness (QED) is 0.712. The van der Waals surface area contributed by atoms with Crippen molar-refractivity contribution >= 4 is 35.2 Å². The van der Waals surface area contributed by atoms with E-state index in [9.17, 15) is 14.4 Å². The number of benzene rings is 1. The van der Waals surface area contributed by atoms with Gasteiger partial charge in [-0.05, 0) is 51.1 Å². The molecule has 0 aromatic heterocycles. The van der Waals surface area contributed by atoms with Crippen LogP contribution in [-0.2, 0) is 14.3 Å². The van der Waals surface area contributed by atoms with E-state index in [0.29, 0.717) is 43.8 Å². The maximum absolute atomic E-state index is 12.6. The van der Waals surface area contributed by atoms with E-state index in [1.807, 2.05) is 28.5 Å². The van der Waals surface area contributed by atoms with Crippen LogP contribution in [0, 0.1) is 5.92 Å². The van der Waals surface area contributed by atoms with E-state index < -0.39 is 0 Å². The largest absolute Gasteiger partial charge is 0.466 e. The van der Waals surface area contributed by atoms with E-state index in [0.717, 1.165) is 24.6 Å². The van der Waals surface area contributed by atoms with Crippen LogP contribution in [-0.4, -0.2) is 78.4 Å². The first-order chi connectivity index (χ1) is 14.1. The van der Waals surface area contributed by atoms with E-state index in [1.165, 1.54) is 0 Å². The smallest absolute Gasteiger partial charge is 0.309 e. The van der Waals surface area contributed by atoms with Crippen molar-refractivity contribution in [3.63, 3.8) is 0 Å². The molecule has 29 heavy (non-hydrogen) atoms. The predicted octanol–water partition coefficient (Wildman–Crippen LogP) is 2.09. The van der Waals surface area contributed by atoms with Crippen molar-refractivity contribution in [3.8, 4) is 0 Å². The second kappa shape index (κ2) is 10.6. The van der Waals surface area contributed by atoms with Crippen molar-refractivity contribution in [2.75, 3.05) is 56.2 Å². The normalized spacial score (nSPS) is 18.3. The lowest BCUT2D eigenvalue weighted by molar-refractivity contribution is -0.149. The fraction of sp³-hybridized carbons (Fsp3) is 0.571. The number of ether oxygens (including phenoxy) is 1. The molecule has 2 saturated heterocycles. The summed E-state index contributed by atoms with van der Waals surface area (Å²) in [5.74, 6) is 1.64. The van der Waals surface area contributed by atoms with E-state index >= 15 is 0 Å². The molecule has 0 atom stereocenters. The summed E-state index contributed by atoms with van der Waals surface area (Å²) in [6.07, 6.45) is 1.43. The number of esters is 1. The van der Waals surface area contributed by atoms with Crippen molar-refractivity contribution in [1.29, 1.82) is 0 Å². The van der Waals surface area contributed by atoms with Crippen molar-refractivity contribution in [2.45, 2.75) is 19.8 Å². The van der Waals surface area contributed by atoms with Gasteiger partial charge in [-0.2, -0.15) is 11.8 Å². The molecule has 1 N–H and O–H groups in total. The first kappa shape index (κ1) is 21.6. The molecule has 8 heteroatoms. The number of nitrogens with zero attached hydrogens (tertiary/aromatic N) is 2. The molecule has 2 heterocycles. The van der Waals surface area contributed by atoms with Gasteiger partial charge in [0.25, 0.3) is 5.91 Å². The molecule has 158 valence electrons. The molecule has 1 aromatic rings. The molecule has 0 spiro atoms. The molecule has 0 bridgehead atoms. The van der Waals surface area contributed by atoms with Gasteiger partial charge in [0.05, 0.1) is 19.1 Å². The lowest BCUT2D eigenvalue weighted by Gasteiger charge is -2.30. The molecule has 7 nitrogen and oxygen atoms in total. The summed E-state index contributed by atoms with van der Waals surface area (Å²) in [4.78, 5) is 40.8. The van der Waals surface area contributed by atoms with Crippen LogP contribution in [0.3, 0.4) is 0 Å². The average Bonchev–Trinajstić information content (AvgIpc) is 2.74. The summed E-state index contributed by atoms with van der Waals surface area (Å²) in [5, 5.41) is 2.89.